The highest BCUT2D eigenvalue weighted by Gasteiger charge is 2.12. The average Bonchev–Trinajstić information content (AvgIpc) is 2.38. The number of nitrogens with one attached hydrogen (secondary N) is 1. The Kier molecular flexibility index (Phi) is 6.57. The van der Waals surface area contributed by atoms with Gasteiger partial charge in [-0.05, 0) is 18.7 Å². The zero-order valence-corrected chi connectivity index (χ0v) is 12.2. The van der Waals surface area contributed by atoms with E-state index in [0.717, 1.165) is 5.56 Å². The van der Waals surface area contributed by atoms with Gasteiger partial charge in [0.25, 0.3) is 5.69 Å². The second kappa shape index (κ2) is 8.18. The minimum Gasteiger partial charge on any atom is -0.393 e. The summed E-state index contributed by atoms with van der Waals surface area (Å²) in [6.07, 6.45) is 0. The highest BCUT2D eigenvalue weighted by atomic mass is 16.6. The van der Waals surface area contributed by atoms with E-state index in [-0.39, 0.29) is 23.8 Å². The predicted molar refractivity (Wildman–Crippen MR) is 78.7 cm³/mol. The fourth-order valence-electron chi connectivity index (χ4n) is 1.83. The van der Waals surface area contributed by atoms with Gasteiger partial charge in [0.15, 0.2) is 0 Å². The molecular formula is C13H20N4O4. The van der Waals surface area contributed by atoms with E-state index < -0.39 is 4.92 Å². The molecule has 0 radical (unpaired) electrons. The Morgan fingerprint density at radius 1 is 1.52 bits per heavy atom. The number of benzene rings is 1. The van der Waals surface area contributed by atoms with E-state index >= 15 is 0 Å². The normalized spacial score (nSPS) is 10.6. The molecule has 1 rings (SSSR count). The zero-order chi connectivity index (χ0) is 15.8. The fraction of sp³-hybridized carbons (Fsp3) is 0.462. The summed E-state index contributed by atoms with van der Waals surface area (Å²) in [5.41, 5.74) is 6.45. The van der Waals surface area contributed by atoms with E-state index in [1.807, 2.05) is 0 Å². The number of methoxy groups -OCH3 is 1. The highest BCUT2D eigenvalue weighted by Crippen LogP contribution is 2.22. The number of nitrogens with two attached hydrogens (primary N) is 1. The van der Waals surface area contributed by atoms with Crippen LogP contribution >= 0.6 is 0 Å². The van der Waals surface area contributed by atoms with Crippen LogP contribution in [0.5, 0.6) is 0 Å². The van der Waals surface area contributed by atoms with Crippen molar-refractivity contribution in [3.63, 3.8) is 0 Å². The van der Waals surface area contributed by atoms with Gasteiger partial charge in [-0.3, -0.25) is 19.8 Å². The van der Waals surface area contributed by atoms with Crippen molar-refractivity contribution in [3.05, 3.63) is 33.9 Å². The van der Waals surface area contributed by atoms with Crippen molar-refractivity contribution in [3.8, 4) is 0 Å². The van der Waals surface area contributed by atoms with Gasteiger partial charge in [0.1, 0.15) is 5.69 Å². The maximum Gasteiger partial charge on any atom is 0.292 e. The van der Waals surface area contributed by atoms with Gasteiger partial charge < -0.3 is 15.8 Å². The largest absolute Gasteiger partial charge is 0.393 e. The van der Waals surface area contributed by atoms with Gasteiger partial charge >= 0.3 is 0 Å². The summed E-state index contributed by atoms with van der Waals surface area (Å²) in [7, 11) is 3.35. The van der Waals surface area contributed by atoms with Gasteiger partial charge in [-0.2, -0.15) is 0 Å². The first kappa shape index (κ1) is 16.9. The molecule has 0 unspecified atom stereocenters. The van der Waals surface area contributed by atoms with Crippen LogP contribution in [0.1, 0.15) is 5.56 Å². The molecule has 0 aromatic heterocycles. The lowest BCUT2D eigenvalue weighted by Crippen LogP contribution is -2.36. The molecule has 8 heteroatoms. The van der Waals surface area contributed by atoms with Crippen LogP contribution in [0.3, 0.4) is 0 Å². The summed E-state index contributed by atoms with van der Waals surface area (Å²) >= 11 is 0. The number of carbonyl (C=O) groups excluding carboxylic acids is 1. The number of carbonyl (C=O) groups is 1. The first-order valence-electron chi connectivity index (χ1n) is 6.41. The van der Waals surface area contributed by atoms with Crippen molar-refractivity contribution < 1.29 is 14.5 Å². The van der Waals surface area contributed by atoms with E-state index in [0.29, 0.717) is 19.7 Å². The molecule has 0 spiro atoms. The van der Waals surface area contributed by atoms with Crippen LogP contribution in [-0.2, 0) is 16.1 Å². The van der Waals surface area contributed by atoms with Gasteiger partial charge in [-0.15, -0.1) is 0 Å². The molecule has 0 atom stereocenters. The van der Waals surface area contributed by atoms with Crippen molar-refractivity contribution in [1.82, 2.24) is 10.2 Å². The van der Waals surface area contributed by atoms with Crippen LogP contribution in [0.25, 0.3) is 0 Å². The molecule has 0 saturated carbocycles. The second-order valence-corrected chi connectivity index (χ2v) is 4.67. The average molecular weight is 296 g/mol. The molecule has 21 heavy (non-hydrogen) atoms. The Hall–Kier alpha value is -2.19. The van der Waals surface area contributed by atoms with Crippen LogP contribution in [0.2, 0.25) is 0 Å². The van der Waals surface area contributed by atoms with Gasteiger partial charge in [0.05, 0.1) is 18.1 Å². The lowest BCUT2D eigenvalue weighted by atomic mass is 10.1. The third-order valence-corrected chi connectivity index (χ3v) is 2.78. The Morgan fingerprint density at radius 2 is 2.24 bits per heavy atom. The predicted octanol–water partition coefficient (Wildman–Crippen LogP) is 0.371. The van der Waals surface area contributed by atoms with Gasteiger partial charge in [-0.25, -0.2) is 0 Å². The number of amides is 1. The number of nitro groups is 1. The van der Waals surface area contributed by atoms with Crippen molar-refractivity contribution in [2.75, 3.05) is 39.6 Å². The molecule has 0 bridgehead atoms. The maximum absolute atomic E-state index is 11.6. The monoisotopic (exact) mass is 296 g/mol. The third-order valence-electron chi connectivity index (χ3n) is 2.78. The van der Waals surface area contributed by atoms with E-state index in [4.69, 9.17) is 10.5 Å². The molecule has 0 aliphatic rings. The fourth-order valence-corrected chi connectivity index (χ4v) is 1.83. The number of hydrogen-bond acceptors (Lipinski definition) is 6. The topological polar surface area (TPSA) is 111 Å². The summed E-state index contributed by atoms with van der Waals surface area (Å²) in [6, 6.07) is 4.56. The number of anilines is 1. The van der Waals surface area contributed by atoms with Crippen molar-refractivity contribution >= 4 is 17.3 Å². The van der Waals surface area contributed by atoms with Crippen LogP contribution in [0.15, 0.2) is 18.2 Å². The Labute approximate surface area is 123 Å². The first-order valence-corrected chi connectivity index (χ1v) is 6.41. The quantitative estimate of drug-likeness (QED) is 0.310. The molecular weight excluding hydrogens is 276 g/mol. The van der Waals surface area contributed by atoms with E-state index in [1.165, 1.54) is 6.07 Å². The number of nitrogen functional groups attached to an aromatic ring is 1. The van der Waals surface area contributed by atoms with Crippen molar-refractivity contribution in [1.29, 1.82) is 0 Å². The highest BCUT2D eigenvalue weighted by molar-refractivity contribution is 5.77. The van der Waals surface area contributed by atoms with E-state index in [2.05, 4.69) is 5.32 Å². The number of rotatable bonds is 8. The Bertz CT molecular complexity index is 507. The lowest BCUT2D eigenvalue weighted by Gasteiger charge is -2.16. The summed E-state index contributed by atoms with van der Waals surface area (Å²) in [5, 5.41) is 13.4. The third kappa shape index (κ3) is 5.76. The minimum absolute atomic E-state index is 0.107. The van der Waals surface area contributed by atoms with Crippen LogP contribution in [0, 0.1) is 10.1 Å². The molecule has 1 amide bonds. The second-order valence-electron chi connectivity index (χ2n) is 4.67. The van der Waals surface area contributed by atoms with Crippen molar-refractivity contribution in [2.24, 2.45) is 0 Å². The lowest BCUT2D eigenvalue weighted by molar-refractivity contribution is -0.383. The molecule has 1 aromatic carbocycles. The summed E-state index contributed by atoms with van der Waals surface area (Å²) < 4.78 is 4.84. The van der Waals surface area contributed by atoms with Crippen LogP contribution in [0.4, 0.5) is 11.4 Å². The SMILES string of the molecule is COCCNC(=O)CN(C)Cc1ccc([N+](=O)[O-])c(N)c1. The van der Waals surface area contributed by atoms with Crippen LogP contribution in [-0.4, -0.2) is 49.6 Å². The Balaban J connectivity index is 2.51. The molecule has 116 valence electrons. The van der Waals surface area contributed by atoms with Gasteiger partial charge in [0, 0.05) is 26.3 Å². The molecule has 3 N–H and O–H groups in total. The van der Waals surface area contributed by atoms with E-state index in [1.54, 1.807) is 31.2 Å². The summed E-state index contributed by atoms with van der Waals surface area (Å²) in [5.74, 6) is -0.107. The number of likely N-dealkylation sites (N-methyl/N-ethyl adjacent to an activating group) is 1. The summed E-state index contributed by atoms with van der Waals surface area (Å²) in [4.78, 5) is 23.6. The molecule has 8 nitrogen and oxygen atoms in total. The van der Waals surface area contributed by atoms with Gasteiger partial charge in [-0.1, -0.05) is 6.07 Å². The maximum atomic E-state index is 11.6. The zero-order valence-electron chi connectivity index (χ0n) is 12.2. The molecule has 0 aliphatic heterocycles. The Morgan fingerprint density at radius 3 is 2.81 bits per heavy atom. The van der Waals surface area contributed by atoms with E-state index in [9.17, 15) is 14.9 Å². The first-order chi connectivity index (χ1) is 9.93. The van der Waals surface area contributed by atoms with Crippen molar-refractivity contribution in [2.45, 2.75) is 6.54 Å². The summed E-state index contributed by atoms with van der Waals surface area (Å²) in [6.45, 7) is 1.63. The minimum atomic E-state index is -0.522. The number of nitro benzene ring substituents is 1. The molecule has 0 saturated heterocycles. The number of nitrogens with zero attached hydrogens (tertiary/aromatic N) is 2. The standard InChI is InChI=1S/C13H20N4O4/c1-16(9-13(18)15-5-6-21-2)8-10-3-4-12(17(19)20)11(14)7-10/h3-4,7H,5-6,8-9,14H2,1-2H3,(H,15,18). The number of ether oxygens (including phenoxy) is 1. The molecule has 0 aliphatic carbocycles. The molecule has 0 heterocycles. The van der Waals surface area contributed by atoms with Crippen LogP contribution < -0.4 is 11.1 Å². The molecule has 1 aromatic rings. The van der Waals surface area contributed by atoms with Gasteiger partial charge in [0.2, 0.25) is 5.91 Å². The number of hydrogen-bond donors (Lipinski definition) is 2. The smallest absolute Gasteiger partial charge is 0.292 e. The molecule has 0 fully saturated rings.